The van der Waals surface area contributed by atoms with E-state index in [0.717, 1.165) is 5.03 Å². The Morgan fingerprint density at radius 1 is 1.14 bits per heavy atom. The molecule has 0 saturated carbocycles. The van der Waals surface area contributed by atoms with E-state index in [0.29, 0.717) is 5.92 Å². The highest BCUT2D eigenvalue weighted by molar-refractivity contribution is 6.32. The topological polar surface area (TPSA) is 0 Å². The Bertz CT molecular complexity index is 413. The first kappa shape index (κ1) is 9.54. The lowest BCUT2D eigenvalue weighted by molar-refractivity contribution is 0.891. The van der Waals surface area contributed by atoms with Gasteiger partial charge in [-0.3, -0.25) is 0 Å². The smallest absolute Gasteiger partial charge is 0.0401 e. The average Bonchev–Trinajstić information content (AvgIpc) is 2.32. The minimum absolute atomic E-state index is 0.411. The van der Waals surface area contributed by atoms with Crippen molar-refractivity contribution < 1.29 is 0 Å². The van der Waals surface area contributed by atoms with Crippen molar-refractivity contribution in [2.45, 2.75) is 19.8 Å². The predicted octanol–water partition coefficient (Wildman–Crippen LogP) is 4.33. The molecule has 1 heteroatoms. The lowest BCUT2D eigenvalue weighted by atomic mass is 9.92. The molecule has 1 atom stereocenters. The molecule has 0 aromatic heterocycles. The van der Waals surface area contributed by atoms with E-state index in [4.69, 9.17) is 11.6 Å². The maximum atomic E-state index is 6.15. The predicted molar refractivity (Wildman–Crippen MR) is 62.4 cm³/mol. The number of halogens is 1. The zero-order valence-corrected chi connectivity index (χ0v) is 9.18. The van der Waals surface area contributed by atoms with Crippen molar-refractivity contribution in [3.8, 4) is 0 Å². The van der Waals surface area contributed by atoms with Gasteiger partial charge in [-0.2, -0.15) is 0 Å². The number of rotatable bonds is 0. The Hall–Kier alpha value is -1.01. The third kappa shape index (κ3) is 1.51. The standard InChI is InChI=1S/C13H13Cl/c1-9-10(2)13(14)8-7-11-5-3-4-6-12(9)11/h3-9H,1-2H3. The first-order valence-electron chi connectivity index (χ1n) is 4.83. The van der Waals surface area contributed by atoms with E-state index < -0.39 is 0 Å². The quantitative estimate of drug-likeness (QED) is 0.590. The molecule has 0 N–H and O–H groups in total. The highest BCUT2D eigenvalue weighted by Crippen LogP contribution is 2.33. The Balaban J connectivity index is 2.60. The number of hydrogen-bond acceptors (Lipinski definition) is 0. The molecule has 0 nitrogen and oxygen atoms in total. The van der Waals surface area contributed by atoms with Crippen LogP contribution in [0.3, 0.4) is 0 Å². The van der Waals surface area contributed by atoms with E-state index in [9.17, 15) is 0 Å². The molecule has 1 aromatic rings. The maximum Gasteiger partial charge on any atom is 0.0401 e. The Morgan fingerprint density at radius 2 is 1.86 bits per heavy atom. The van der Waals surface area contributed by atoms with Gasteiger partial charge in [0.15, 0.2) is 0 Å². The Kier molecular flexibility index (Phi) is 2.47. The minimum atomic E-state index is 0.411. The van der Waals surface area contributed by atoms with Gasteiger partial charge in [0.05, 0.1) is 0 Å². The molecule has 0 fully saturated rings. The van der Waals surface area contributed by atoms with Gasteiger partial charge in [0.2, 0.25) is 0 Å². The van der Waals surface area contributed by atoms with Crippen LogP contribution in [0.2, 0.25) is 0 Å². The average molecular weight is 205 g/mol. The monoisotopic (exact) mass is 204 g/mol. The molecule has 0 saturated heterocycles. The number of fused-ring (bicyclic) bond motifs is 1. The van der Waals surface area contributed by atoms with Gasteiger partial charge in [0.25, 0.3) is 0 Å². The number of hydrogen-bond donors (Lipinski definition) is 0. The van der Waals surface area contributed by atoms with Crippen LogP contribution in [0.15, 0.2) is 40.9 Å². The van der Waals surface area contributed by atoms with Crippen LogP contribution in [0.1, 0.15) is 30.9 Å². The van der Waals surface area contributed by atoms with Gasteiger partial charge in [0, 0.05) is 11.0 Å². The first-order valence-corrected chi connectivity index (χ1v) is 5.21. The van der Waals surface area contributed by atoms with E-state index >= 15 is 0 Å². The third-order valence-corrected chi connectivity index (χ3v) is 3.32. The SMILES string of the molecule is CC1=C(Cl)C=Cc2ccccc2C1C. The Labute approximate surface area is 89.9 Å². The van der Waals surface area contributed by atoms with Crippen molar-refractivity contribution in [2.24, 2.45) is 0 Å². The molecule has 0 amide bonds. The van der Waals surface area contributed by atoms with Crippen LogP contribution in [0.4, 0.5) is 0 Å². The van der Waals surface area contributed by atoms with Crippen LogP contribution < -0.4 is 0 Å². The lowest BCUT2D eigenvalue weighted by Gasteiger charge is -2.14. The molecule has 72 valence electrons. The third-order valence-electron chi connectivity index (χ3n) is 2.90. The zero-order valence-electron chi connectivity index (χ0n) is 8.42. The van der Waals surface area contributed by atoms with Crippen molar-refractivity contribution >= 4 is 17.7 Å². The highest BCUT2D eigenvalue weighted by atomic mass is 35.5. The molecular formula is C13H13Cl. The van der Waals surface area contributed by atoms with Crippen LogP contribution in [-0.2, 0) is 0 Å². The van der Waals surface area contributed by atoms with E-state index in [2.05, 4.69) is 44.2 Å². The molecule has 0 bridgehead atoms. The fourth-order valence-corrected chi connectivity index (χ4v) is 2.02. The summed E-state index contributed by atoms with van der Waals surface area (Å²) in [4.78, 5) is 0. The molecular weight excluding hydrogens is 192 g/mol. The van der Waals surface area contributed by atoms with Crippen molar-refractivity contribution in [1.29, 1.82) is 0 Å². The second-order valence-corrected chi connectivity index (χ2v) is 4.12. The van der Waals surface area contributed by atoms with E-state index in [-0.39, 0.29) is 0 Å². The van der Waals surface area contributed by atoms with Crippen LogP contribution in [0.25, 0.3) is 6.08 Å². The van der Waals surface area contributed by atoms with Crippen LogP contribution >= 0.6 is 11.6 Å². The molecule has 2 rings (SSSR count). The van der Waals surface area contributed by atoms with Gasteiger partial charge in [-0.25, -0.2) is 0 Å². The normalized spacial score (nSPS) is 20.6. The summed E-state index contributed by atoms with van der Waals surface area (Å²) >= 11 is 6.15. The Morgan fingerprint density at radius 3 is 2.64 bits per heavy atom. The van der Waals surface area contributed by atoms with Gasteiger partial charge in [-0.05, 0) is 29.7 Å². The van der Waals surface area contributed by atoms with Crippen LogP contribution in [0.5, 0.6) is 0 Å². The molecule has 0 spiro atoms. The highest BCUT2D eigenvalue weighted by Gasteiger charge is 2.15. The second-order valence-electron chi connectivity index (χ2n) is 3.71. The van der Waals surface area contributed by atoms with Gasteiger partial charge in [0.1, 0.15) is 0 Å². The summed E-state index contributed by atoms with van der Waals surface area (Å²) in [6.45, 7) is 4.29. The summed E-state index contributed by atoms with van der Waals surface area (Å²) < 4.78 is 0. The van der Waals surface area contributed by atoms with Crippen molar-refractivity contribution in [3.05, 3.63) is 52.1 Å². The van der Waals surface area contributed by atoms with E-state index in [1.54, 1.807) is 0 Å². The van der Waals surface area contributed by atoms with Crippen molar-refractivity contribution in [2.75, 3.05) is 0 Å². The fourth-order valence-electron chi connectivity index (χ4n) is 1.79. The van der Waals surface area contributed by atoms with Crippen LogP contribution in [-0.4, -0.2) is 0 Å². The summed E-state index contributed by atoms with van der Waals surface area (Å²) in [5, 5.41) is 0.869. The second kappa shape index (κ2) is 3.62. The first-order chi connectivity index (χ1) is 6.70. The molecule has 1 aliphatic rings. The number of benzene rings is 1. The fraction of sp³-hybridized carbons (Fsp3) is 0.231. The van der Waals surface area contributed by atoms with Crippen molar-refractivity contribution in [3.63, 3.8) is 0 Å². The van der Waals surface area contributed by atoms with Gasteiger partial charge in [-0.15, -0.1) is 0 Å². The minimum Gasteiger partial charge on any atom is -0.0844 e. The summed E-state index contributed by atoms with van der Waals surface area (Å²) in [6.07, 6.45) is 4.07. The van der Waals surface area contributed by atoms with Crippen LogP contribution in [0, 0.1) is 0 Å². The summed E-state index contributed by atoms with van der Waals surface area (Å²) in [7, 11) is 0. The summed E-state index contributed by atoms with van der Waals surface area (Å²) in [5.74, 6) is 0.411. The molecule has 14 heavy (non-hydrogen) atoms. The molecule has 1 aromatic carbocycles. The van der Waals surface area contributed by atoms with E-state index in [1.807, 2.05) is 6.08 Å². The summed E-state index contributed by atoms with van der Waals surface area (Å²) in [5.41, 5.74) is 3.87. The van der Waals surface area contributed by atoms with E-state index in [1.165, 1.54) is 16.7 Å². The van der Waals surface area contributed by atoms with Gasteiger partial charge >= 0.3 is 0 Å². The zero-order chi connectivity index (χ0) is 10.1. The largest absolute Gasteiger partial charge is 0.0844 e. The maximum absolute atomic E-state index is 6.15. The summed E-state index contributed by atoms with van der Waals surface area (Å²) in [6, 6.07) is 8.44. The van der Waals surface area contributed by atoms with Gasteiger partial charge in [-0.1, -0.05) is 48.9 Å². The van der Waals surface area contributed by atoms with Crippen molar-refractivity contribution in [1.82, 2.24) is 0 Å². The molecule has 0 radical (unpaired) electrons. The molecule has 1 aliphatic carbocycles. The molecule has 0 heterocycles. The van der Waals surface area contributed by atoms with Gasteiger partial charge < -0.3 is 0 Å². The lowest BCUT2D eigenvalue weighted by Crippen LogP contribution is -1.97. The molecule has 0 aliphatic heterocycles. The number of allylic oxidation sites excluding steroid dienone is 3. The molecule has 1 unspecified atom stereocenters.